The smallest absolute Gasteiger partial charge is 0.191 e. The zero-order valence-electron chi connectivity index (χ0n) is 14.4. The summed E-state index contributed by atoms with van der Waals surface area (Å²) < 4.78 is 5.52. The van der Waals surface area contributed by atoms with Crippen molar-refractivity contribution < 1.29 is 4.74 Å². The van der Waals surface area contributed by atoms with Crippen LogP contribution in [0.2, 0.25) is 0 Å². The Kier molecular flexibility index (Phi) is 6.31. The quantitative estimate of drug-likeness (QED) is 0.498. The molecule has 1 aliphatic carbocycles. The molecule has 3 rings (SSSR count). The number of thioether (sulfide) groups is 1. The van der Waals surface area contributed by atoms with Gasteiger partial charge >= 0.3 is 0 Å². The third-order valence-corrected chi connectivity index (χ3v) is 5.72. The maximum atomic E-state index is 6.08. The third kappa shape index (κ3) is 5.08. The molecule has 0 aromatic carbocycles. The molecule has 1 aromatic rings. The Bertz CT molecular complexity index is 544. The van der Waals surface area contributed by atoms with Gasteiger partial charge in [-0.1, -0.05) is 24.6 Å². The Balaban J connectivity index is 1.44. The van der Waals surface area contributed by atoms with Crippen LogP contribution >= 0.6 is 11.8 Å². The maximum Gasteiger partial charge on any atom is 0.191 e. The molecule has 2 heterocycles. The van der Waals surface area contributed by atoms with E-state index in [-0.39, 0.29) is 6.10 Å². The largest absolute Gasteiger partial charge is 0.375 e. The van der Waals surface area contributed by atoms with Gasteiger partial charge in [0.05, 0.1) is 12.7 Å². The molecule has 1 saturated carbocycles. The number of rotatable bonds is 5. The minimum absolute atomic E-state index is 0.214. The number of nitrogens with zero attached hydrogens (tertiary/aromatic N) is 4. The zero-order valence-corrected chi connectivity index (χ0v) is 15.2. The SMILES string of the molecule is CC1CN(C(N)=NCCc2cnc(SC3CCCC3)nc2)CCO1. The molecule has 7 heteroatoms. The first-order valence-electron chi connectivity index (χ1n) is 8.85. The summed E-state index contributed by atoms with van der Waals surface area (Å²) in [6.45, 7) is 5.06. The number of hydrogen-bond acceptors (Lipinski definition) is 5. The first-order chi connectivity index (χ1) is 11.7. The number of hydrogen-bond donors (Lipinski definition) is 1. The Morgan fingerprint density at radius 3 is 2.83 bits per heavy atom. The standard InChI is InChI=1S/C17H27N5OS/c1-13-12-22(8-9-23-13)16(18)19-7-6-14-10-20-17(21-11-14)24-15-4-2-3-5-15/h10-11,13,15H,2-9,12H2,1H3,(H2,18,19). The molecule has 1 unspecified atom stereocenters. The van der Waals surface area contributed by atoms with Crippen molar-refractivity contribution in [2.75, 3.05) is 26.2 Å². The fraction of sp³-hybridized carbons (Fsp3) is 0.706. The molecule has 2 N–H and O–H groups in total. The lowest BCUT2D eigenvalue weighted by Crippen LogP contribution is -2.47. The number of aliphatic imine (C=N–C) groups is 1. The molecule has 24 heavy (non-hydrogen) atoms. The van der Waals surface area contributed by atoms with Crippen LogP contribution in [-0.4, -0.2) is 58.4 Å². The number of nitrogens with two attached hydrogens (primary N) is 1. The summed E-state index contributed by atoms with van der Waals surface area (Å²) in [5, 5.41) is 1.60. The lowest BCUT2D eigenvalue weighted by atomic mass is 10.2. The Morgan fingerprint density at radius 2 is 2.12 bits per heavy atom. The third-order valence-electron chi connectivity index (χ3n) is 4.50. The zero-order chi connectivity index (χ0) is 16.8. The average Bonchev–Trinajstić information content (AvgIpc) is 3.09. The average molecular weight is 350 g/mol. The van der Waals surface area contributed by atoms with E-state index in [1.807, 2.05) is 24.2 Å². The monoisotopic (exact) mass is 349 g/mol. The highest BCUT2D eigenvalue weighted by molar-refractivity contribution is 7.99. The van der Waals surface area contributed by atoms with Gasteiger partial charge in [-0.3, -0.25) is 4.99 Å². The summed E-state index contributed by atoms with van der Waals surface area (Å²) >= 11 is 1.82. The molecule has 0 amide bonds. The van der Waals surface area contributed by atoms with Crippen molar-refractivity contribution in [1.29, 1.82) is 0 Å². The van der Waals surface area contributed by atoms with Crippen molar-refractivity contribution in [3.8, 4) is 0 Å². The molecule has 1 aliphatic heterocycles. The highest BCUT2D eigenvalue weighted by atomic mass is 32.2. The lowest BCUT2D eigenvalue weighted by molar-refractivity contribution is 0.00530. The second-order valence-corrected chi connectivity index (χ2v) is 7.78. The molecule has 0 spiro atoms. The molecule has 6 nitrogen and oxygen atoms in total. The van der Waals surface area contributed by atoms with Crippen LogP contribution < -0.4 is 5.73 Å². The summed E-state index contributed by atoms with van der Waals surface area (Å²) in [5.74, 6) is 0.611. The first-order valence-corrected chi connectivity index (χ1v) is 9.73. The van der Waals surface area contributed by atoms with Gasteiger partial charge in [0.25, 0.3) is 0 Å². The number of guanidine groups is 1. The van der Waals surface area contributed by atoms with Crippen molar-refractivity contribution in [2.45, 2.75) is 55.5 Å². The van der Waals surface area contributed by atoms with E-state index in [2.05, 4.69) is 26.8 Å². The lowest BCUT2D eigenvalue weighted by Gasteiger charge is -2.31. The predicted octanol–water partition coefficient (Wildman–Crippen LogP) is 2.09. The van der Waals surface area contributed by atoms with E-state index in [9.17, 15) is 0 Å². The van der Waals surface area contributed by atoms with Crippen molar-refractivity contribution in [2.24, 2.45) is 10.7 Å². The fourth-order valence-corrected chi connectivity index (χ4v) is 4.21. The first kappa shape index (κ1) is 17.5. The number of morpholine rings is 1. The van der Waals surface area contributed by atoms with E-state index in [0.717, 1.165) is 30.2 Å². The summed E-state index contributed by atoms with van der Waals surface area (Å²) in [7, 11) is 0. The van der Waals surface area contributed by atoms with E-state index in [0.29, 0.717) is 24.4 Å². The molecule has 0 bridgehead atoms. The van der Waals surface area contributed by atoms with Gasteiger partial charge in [-0.2, -0.15) is 0 Å². The highest BCUT2D eigenvalue weighted by Crippen LogP contribution is 2.32. The molecular formula is C17H27N5OS. The fourth-order valence-electron chi connectivity index (χ4n) is 3.11. The minimum Gasteiger partial charge on any atom is -0.375 e. The van der Waals surface area contributed by atoms with Crippen molar-refractivity contribution in [3.05, 3.63) is 18.0 Å². The van der Waals surface area contributed by atoms with Crippen molar-refractivity contribution in [1.82, 2.24) is 14.9 Å². The van der Waals surface area contributed by atoms with Crippen LogP contribution in [0, 0.1) is 0 Å². The van der Waals surface area contributed by atoms with Gasteiger partial charge in [0, 0.05) is 37.3 Å². The molecule has 1 atom stereocenters. The molecule has 1 saturated heterocycles. The summed E-state index contributed by atoms with van der Waals surface area (Å²) in [5.41, 5.74) is 7.18. The van der Waals surface area contributed by atoms with Crippen LogP contribution in [0.3, 0.4) is 0 Å². The number of ether oxygens (including phenoxy) is 1. The van der Waals surface area contributed by atoms with Crippen molar-refractivity contribution in [3.63, 3.8) is 0 Å². The van der Waals surface area contributed by atoms with Crippen LogP contribution in [-0.2, 0) is 11.2 Å². The van der Waals surface area contributed by atoms with E-state index in [1.165, 1.54) is 25.7 Å². The normalized spacial score (nSPS) is 23.0. The van der Waals surface area contributed by atoms with E-state index in [4.69, 9.17) is 10.5 Å². The van der Waals surface area contributed by atoms with Crippen LogP contribution in [0.15, 0.2) is 22.5 Å². The second-order valence-electron chi connectivity index (χ2n) is 6.52. The highest BCUT2D eigenvalue weighted by Gasteiger charge is 2.18. The van der Waals surface area contributed by atoms with Crippen molar-refractivity contribution >= 4 is 17.7 Å². The maximum absolute atomic E-state index is 6.08. The molecular weight excluding hydrogens is 322 g/mol. The van der Waals surface area contributed by atoms with Crippen LogP contribution in [0.25, 0.3) is 0 Å². The molecule has 2 fully saturated rings. The predicted molar refractivity (Wildman–Crippen MR) is 97.3 cm³/mol. The second kappa shape index (κ2) is 8.67. The Labute approximate surface area is 148 Å². The van der Waals surface area contributed by atoms with E-state index < -0.39 is 0 Å². The Hall–Kier alpha value is -1.34. The van der Waals surface area contributed by atoms with Gasteiger partial charge in [0.1, 0.15) is 0 Å². The molecule has 1 aromatic heterocycles. The van der Waals surface area contributed by atoms with Gasteiger partial charge in [0.15, 0.2) is 11.1 Å². The van der Waals surface area contributed by atoms with Gasteiger partial charge in [-0.05, 0) is 31.7 Å². The van der Waals surface area contributed by atoms with Gasteiger partial charge in [0.2, 0.25) is 0 Å². The van der Waals surface area contributed by atoms with E-state index in [1.54, 1.807) is 0 Å². The topological polar surface area (TPSA) is 76.6 Å². The van der Waals surface area contributed by atoms with Crippen LogP contribution in [0.4, 0.5) is 0 Å². The van der Waals surface area contributed by atoms with Gasteiger partial charge < -0.3 is 15.4 Å². The van der Waals surface area contributed by atoms with Crippen LogP contribution in [0.1, 0.15) is 38.2 Å². The molecule has 2 aliphatic rings. The summed E-state index contributed by atoms with van der Waals surface area (Å²) in [4.78, 5) is 15.5. The van der Waals surface area contributed by atoms with Gasteiger partial charge in [-0.25, -0.2) is 9.97 Å². The van der Waals surface area contributed by atoms with Gasteiger partial charge in [-0.15, -0.1) is 0 Å². The summed E-state index contributed by atoms with van der Waals surface area (Å²) in [6, 6.07) is 0. The minimum atomic E-state index is 0.214. The van der Waals surface area contributed by atoms with Crippen LogP contribution in [0.5, 0.6) is 0 Å². The Morgan fingerprint density at radius 1 is 1.38 bits per heavy atom. The number of aromatic nitrogens is 2. The molecule has 0 radical (unpaired) electrons. The molecule has 132 valence electrons. The van der Waals surface area contributed by atoms with E-state index >= 15 is 0 Å². The summed E-state index contributed by atoms with van der Waals surface area (Å²) in [6.07, 6.45) is 10.2.